The average molecular weight is 251 g/mol. The summed E-state index contributed by atoms with van der Waals surface area (Å²) in [7, 11) is 0. The first-order valence-corrected chi connectivity index (χ1v) is 6.96. The molecule has 0 saturated heterocycles. The highest BCUT2D eigenvalue weighted by Gasteiger charge is 2.19. The van der Waals surface area contributed by atoms with Crippen LogP contribution in [0.2, 0.25) is 0 Å². The first-order chi connectivity index (χ1) is 8.81. The molecule has 0 aliphatic heterocycles. The number of benzene rings is 1. The zero-order valence-electron chi connectivity index (χ0n) is 11.0. The number of nitrogens with one attached hydrogen (secondary N) is 1. The summed E-state index contributed by atoms with van der Waals surface area (Å²) in [5.74, 6) is 0.214. The Hall–Kier alpha value is -1.09. The Balaban J connectivity index is 2.05. The second kappa shape index (κ2) is 6.74. The van der Waals surface area contributed by atoms with Crippen LogP contribution in [0.3, 0.4) is 0 Å². The van der Waals surface area contributed by atoms with E-state index in [2.05, 4.69) is 12.2 Å². The van der Waals surface area contributed by atoms with Gasteiger partial charge >= 0.3 is 0 Å². The quantitative estimate of drug-likeness (QED) is 0.779. The zero-order chi connectivity index (χ0) is 12.8. The number of para-hydroxylation sites is 1. The summed E-state index contributed by atoms with van der Waals surface area (Å²) in [6.07, 6.45) is 5.78. The van der Waals surface area contributed by atoms with E-state index in [9.17, 15) is 4.39 Å². The number of hydrogen-bond acceptors (Lipinski definition) is 2. The van der Waals surface area contributed by atoms with Gasteiger partial charge in [-0.2, -0.15) is 0 Å². The Bertz CT molecular complexity index is 375. The van der Waals surface area contributed by atoms with Gasteiger partial charge in [-0.15, -0.1) is 0 Å². The molecule has 0 amide bonds. The molecule has 1 aliphatic carbocycles. The van der Waals surface area contributed by atoms with Gasteiger partial charge in [0.1, 0.15) is 0 Å². The Labute approximate surface area is 109 Å². The van der Waals surface area contributed by atoms with Crippen molar-refractivity contribution in [1.82, 2.24) is 5.32 Å². The molecule has 2 nitrogen and oxygen atoms in total. The molecule has 100 valence electrons. The first-order valence-electron chi connectivity index (χ1n) is 6.96. The number of halogens is 1. The zero-order valence-corrected chi connectivity index (χ0v) is 11.0. The van der Waals surface area contributed by atoms with Crippen molar-refractivity contribution in [2.24, 2.45) is 0 Å². The molecule has 1 fully saturated rings. The van der Waals surface area contributed by atoms with Crippen LogP contribution in [0.5, 0.6) is 5.75 Å². The van der Waals surface area contributed by atoms with Crippen LogP contribution in [0.1, 0.15) is 44.6 Å². The smallest absolute Gasteiger partial charge is 0.165 e. The maximum Gasteiger partial charge on any atom is 0.165 e. The highest BCUT2D eigenvalue weighted by molar-refractivity contribution is 5.35. The lowest BCUT2D eigenvalue weighted by Gasteiger charge is -2.17. The maximum absolute atomic E-state index is 13.9. The van der Waals surface area contributed by atoms with Gasteiger partial charge in [-0.1, -0.05) is 19.1 Å². The summed E-state index contributed by atoms with van der Waals surface area (Å²) < 4.78 is 19.7. The normalized spacial score (nSPS) is 16.1. The molecule has 0 heterocycles. The van der Waals surface area contributed by atoms with Gasteiger partial charge in [-0.3, -0.25) is 0 Å². The van der Waals surface area contributed by atoms with Crippen LogP contribution < -0.4 is 10.1 Å². The van der Waals surface area contributed by atoms with Crippen molar-refractivity contribution >= 4 is 0 Å². The molecule has 0 bridgehead atoms. The highest BCUT2D eigenvalue weighted by Crippen LogP contribution is 2.29. The minimum absolute atomic E-state index is 0.201. The molecule has 0 unspecified atom stereocenters. The lowest BCUT2D eigenvalue weighted by atomic mass is 10.2. The molecular formula is C15H22FNO. The molecule has 1 aromatic rings. The number of ether oxygens (including phenoxy) is 1. The van der Waals surface area contributed by atoms with E-state index in [4.69, 9.17) is 4.74 Å². The summed E-state index contributed by atoms with van der Waals surface area (Å²) >= 11 is 0. The van der Waals surface area contributed by atoms with Crippen LogP contribution in [-0.4, -0.2) is 12.6 Å². The largest absolute Gasteiger partial charge is 0.487 e. The van der Waals surface area contributed by atoms with Gasteiger partial charge in [0, 0.05) is 12.1 Å². The lowest BCUT2D eigenvalue weighted by Crippen LogP contribution is -2.18. The second-order valence-electron chi connectivity index (χ2n) is 4.93. The van der Waals surface area contributed by atoms with E-state index >= 15 is 0 Å². The maximum atomic E-state index is 13.9. The van der Waals surface area contributed by atoms with Crippen molar-refractivity contribution < 1.29 is 9.13 Å². The third-order valence-corrected chi connectivity index (χ3v) is 3.38. The fourth-order valence-electron chi connectivity index (χ4n) is 2.40. The van der Waals surface area contributed by atoms with Crippen LogP contribution in [0.4, 0.5) is 4.39 Å². The van der Waals surface area contributed by atoms with Gasteiger partial charge in [0.15, 0.2) is 11.6 Å². The molecule has 1 saturated carbocycles. The first kappa shape index (κ1) is 13.3. The van der Waals surface area contributed by atoms with E-state index in [0.29, 0.717) is 12.3 Å². The molecule has 0 aromatic heterocycles. The van der Waals surface area contributed by atoms with E-state index in [1.165, 1.54) is 18.9 Å². The summed E-state index contributed by atoms with van der Waals surface area (Å²) in [6, 6.07) is 5.17. The van der Waals surface area contributed by atoms with Crippen LogP contribution in [-0.2, 0) is 6.54 Å². The monoisotopic (exact) mass is 251 g/mol. The van der Waals surface area contributed by atoms with E-state index < -0.39 is 0 Å². The van der Waals surface area contributed by atoms with Crippen molar-refractivity contribution in [3.63, 3.8) is 0 Å². The summed E-state index contributed by atoms with van der Waals surface area (Å²) in [5.41, 5.74) is 0.926. The fourth-order valence-corrected chi connectivity index (χ4v) is 2.40. The van der Waals surface area contributed by atoms with Gasteiger partial charge in [0.25, 0.3) is 0 Å². The van der Waals surface area contributed by atoms with Crippen molar-refractivity contribution in [3.8, 4) is 5.75 Å². The van der Waals surface area contributed by atoms with Crippen LogP contribution in [0, 0.1) is 5.82 Å². The number of rotatable bonds is 6. The van der Waals surface area contributed by atoms with Gasteiger partial charge in [0.05, 0.1) is 6.10 Å². The molecule has 0 spiro atoms. The highest BCUT2D eigenvalue weighted by atomic mass is 19.1. The summed E-state index contributed by atoms with van der Waals surface area (Å²) in [6.45, 7) is 3.74. The van der Waals surface area contributed by atoms with Gasteiger partial charge < -0.3 is 10.1 Å². The molecule has 1 aromatic carbocycles. The van der Waals surface area contributed by atoms with E-state index in [0.717, 1.165) is 31.4 Å². The van der Waals surface area contributed by atoms with E-state index in [-0.39, 0.29) is 11.9 Å². The number of hydrogen-bond donors (Lipinski definition) is 1. The van der Waals surface area contributed by atoms with E-state index in [1.807, 2.05) is 6.07 Å². The molecule has 3 heteroatoms. The molecule has 1 N–H and O–H groups in total. The van der Waals surface area contributed by atoms with Crippen molar-refractivity contribution in [3.05, 3.63) is 29.6 Å². The van der Waals surface area contributed by atoms with Crippen LogP contribution >= 0.6 is 0 Å². The Morgan fingerprint density at radius 3 is 2.83 bits per heavy atom. The van der Waals surface area contributed by atoms with Crippen molar-refractivity contribution in [1.29, 1.82) is 0 Å². The predicted octanol–water partition coefficient (Wildman–Crippen LogP) is 3.65. The predicted molar refractivity (Wildman–Crippen MR) is 71.3 cm³/mol. The van der Waals surface area contributed by atoms with Crippen molar-refractivity contribution in [2.75, 3.05) is 6.54 Å². The molecular weight excluding hydrogens is 229 g/mol. The molecule has 2 rings (SSSR count). The van der Waals surface area contributed by atoms with E-state index in [1.54, 1.807) is 6.07 Å². The van der Waals surface area contributed by atoms with Crippen molar-refractivity contribution in [2.45, 2.75) is 51.7 Å². The Kier molecular flexibility index (Phi) is 5.00. The van der Waals surface area contributed by atoms with Gasteiger partial charge in [-0.05, 0) is 44.7 Å². The third kappa shape index (κ3) is 3.45. The van der Waals surface area contributed by atoms with Gasteiger partial charge in [-0.25, -0.2) is 4.39 Å². The average Bonchev–Trinajstić information content (AvgIpc) is 2.86. The standard InChI is InChI=1S/C15H22FNO/c1-2-10-17-11-12-6-5-9-14(16)15(12)18-13-7-3-4-8-13/h5-6,9,13,17H,2-4,7-8,10-11H2,1H3. The topological polar surface area (TPSA) is 21.3 Å². The Morgan fingerprint density at radius 2 is 2.11 bits per heavy atom. The molecule has 1 aliphatic rings. The summed E-state index contributed by atoms with van der Waals surface area (Å²) in [4.78, 5) is 0. The lowest BCUT2D eigenvalue weighted by molar-refractivity contribution is 0.198. The minimum Gasteiger partial charge on any atom is -0.487 e. The fraction of sp³-hybridized carbons (Fsp3) is 0.600. The molecule has 0 radical (unpaired) electrons. The third-order valence-electron chi connectivity index (χ3n) is 3.38. The molecule has 18 heavy (non-hydrogen) atoms. The minimum atomic E-state index is -0.238. The van der Waals surface area contributed by atoms with Crippen LogP contribution in [0.15, 0.2) is 18.2 Å². The second-order valence-corrected chi connectivity index (χ2v) is 4.93. The Morgan fingerprint density at radius 1 is 1.33 bits per heavy atom. The van der Waals surface area contributed by atoms with Gasteiger partial charge in [0.2, 0.25) is 0 Å². The summed E-state index contributed by atoms with van der Waals surface area (Å²) in [5, 5.41) is 3.30. The SMILES string of the molecule is CCCNCc1cccc(F)c1OC1CCCC1. The molecule has 0 atom stereocenters. The van der Waals surface area contributed by atoms with Crippen LogP contribution in [0.25, 0.3) is 0 Å².